The van der Waals surface area contributed by atoms with E-state index >= 15 is 0 Å². The molecule has 17 heavy (non-hydrogen) atoms. The van der Waals surface area contributed by atoms with Gasteiger partial charge in [-0.05, 0) is 53.3 Å². The van der Waals surface area contributed by atoms with Crippen LogP contribution in [0.5, 0.6) is 0 Å². The first-order valence-corrected chi connectivity index (χ1v) is 6.85. The van der Waals surface area contributed by atoms with Gasteiger partial charge in [-0.15, -0.1) is 0 Å². The predicted molar refractivity (Wildman–Crippen MR) is 80.0 cm³/mol. The van der Waals surface area contributed by atoms with Crippen LogP contribution < -0.4 is 0 Å². The molecule has 0 radical (unpaired) electrons. The molecule has 1 aromatic carbocycles. The van der Waals surface area contributed by atoms with E-state index in [9.17, 15) is 0 Å². The first-order valence-electron chi connectivity index (χ1n) is 4.64. The van der Waals surface area contributed by atoms with Crippen LogP contribution in [0, 0.1) is 10.5 Å². The lowest BCUT2D eigenvalue weighted by Crippen LogP contribution is -1.95. The van der Waals surface area contributed by atoms with E-state index in [2.05, 4.69) is 9.97 Å². The molecular formula is C11H6Cl3IN2. The van der Waals surface area contributed by atoms with Crippen LogP contribution in [0.2, 0.25) is 15.3 Å². The Hall–Kier alpha value is -0.100. The van der Waals surface area contributed by atoms with Gasteiger partial charge in [-0.2, -0.15) is 0 Å². The molecule has 6 heteroatoms. The topological polar surface area (TPSA) is 25.8 Å². The van der Waals surface area contributed by atoms with Crippen molar-refractivity contribution in [3.63, 3.8) is 0 Å². The average Bonchev–Trinajstić information content (AvgIpc) is 2.25. The summed E-state index contributed by atoms with van der Waals surface area (Å²) in [6.07, 6.45) is 0. The van der Waals surface area contributed by atoms with Crippen molar-refractivity contribution in [2.24, 2.45) is 0 Å². The summed E-state index contributed by atoms with van der Waals surface area (Å²) in [6.45, 7) is 1.93. The molecule has 0 spiro atoms. The van der Waals surface area contributed by atoms with Gasteiger partial charge in [-0.25, -0.2) is 9.97 Å². The molecule has 2 aromatic rings. The number of rotatable bonds is 1. The van der Waals surface area contributed by atoms with Crippen LogP contribution in [0.25, 0.3) is 11.4 Å². The van der Waals surface area contributed by atoms with Gasteiger partial charge in [0, 0.05) is 10.6 Å². The van der Waals surface area contributed by atoms with Gasteiger partial charge in [-0.3, -0.25) is 0 Å². The van der Waals surface area contributed by atoms with Crippen LogP contribution >= 0.6 is 57.4 Å². The smallest absolute Gasteiger partial charge is 0.162 e. The van der Waals surface area contributed by atoms with Crippen molar-refractivity contribution in [3.05, 3.63) is 42.7 Å². The van der Waals surface area contributed by atoms with Crippen molar-refractivity contribution in [1.82, 2.24) is 9.97 Å². The zero-order valence-electron chi connectivity index (χ0n) is 8.64. The third-order valence-corrected chi connectivity index (χ3v) is 4.64. The minimum atomic E-state index is 0.356. The van der Waals surface area contributed by atoms with Gasteiger partial charge in [0.15, 0.2) is 5.82 Å². The monoisotopic (exact) mass is 398 g/mol. The second kappa shape index (κ2) is 5.26. The molecule has 1 aromatic heterocycles. The standard InChI is InChI=1S/C11H6Cl3IN2/c1-5-4-6(12)2-3-7(5)11-16-9(13)8(15)10(14)17-11/h2-4H,1H3. The fourth-order valence-electron chi connectivity index (χ4n) is 1.39. The van der Waals surface area contributed by atoms with Gasteiger partial charge in [0.1, 0.15) is 10.3 Å². The van der Waals surface area contributed by atoms with Crippen molar-refractivity contribution in [2.75, 3.05) is 0 Å². The zero-order chi connectivity index (χ0) is 12.6. The van der Waals surface area contributed by atoms with Crippen LogP contribution in [0.1, 0.15) is 5.56 Å². The molecule has 2 rings (SSSR count). The molecule has 0 bridgehead atoms. The Bertz CT molecular complexity index is 564. The number of halogens is 4. The normalized spacial score (nSPS) is 10.6. The zero-order valence-corrected chi connectivity index (χ0v) is 13.1. The van der Waals surface area contributed by atoms with E-state index in [-0.39, 0.29) is 0 Å². The summed E-state index contributed by atoms with van der Waals surface area (Å²) in [6, 6.07) is 5.49. The van der Waals surface area contributed by atoms with E-state index < -0.39 is 0 Å². The van der Waals surface area contributed by atoms with Crippen LogP contribution in [-0.2, 0) is 0 Å². The van der Waals surface area contributed by atoms with E-state index in [1.165, 1.54) is 0 Å². The fraction of sp³-hybridized carbons (Fsp3) is 0.0909. The molecule has 0 unspecified atom stereocenters. The highest BCUT2D eigenvalue weighted by molar-refractivity contribution is 14.1. The van der Waals surface area contributed by atoms with Crippen molar-refractivity contribution in [2.45, 2.75) is 6.92 Å². The molecule has 1 heterocycles. The molecule has 0 saturated heterocycles. The second-order valence-corrected chi connectivity index (χ2v) is 5.63. The quantitative estimate of drug-likeness (QED) is 0.497. The van der Waals surface area contributed by atoms with Gasteiger partial charge in [-0.1, -0.05) is 34.8 Å². The molecule has 88 valence electrons. The minimum Gasteiger partial charge on any atom is -0.215 e. The summed E-state index contributed by atoms with van der Waals surface area (Å²) in [7, 11) is 0. The SMILES string of the molecule is Cc1cc(Cl)ccc1-c1nc(Cl)c(I)c(Cl)n1. The Morgan fingerprint density at radius 2 is 1.65 bits per heavy atom. The molecular weight excluding hydrogens is 393 g/mol. The fourth-order valence-corrected chi connectivity index (χ4v) is 2.25. The van der Waals surface area contributed by atoms with Crippen LogP contribution in [-0.4, -0.2) is 9.97 Å². The highest BCUT2D eigenvalue weighted by Gasteiger charge is 2.12. The molecule has 0 saturated carbocycles. The molecule has 0 atom stereocenters. The van der Waals surface area contributed by atoms with Crippen molar-refractivity contribution < 1.29 is 0 Å². The van der Waals surface area contributed by atoms with Gasteiger partial charge >= 0.3 is 0 Å². The lowest BCUT2D eigenvalue weighted by molar-refractivity contribution is 1.15. The Morgan fingerprint density at radius 3 is 2.18 bits per heavy atom. The molecule has 0 aliphatic rings. The van der Waals surface area contributed by atoms with Crippen LogP contribution in [0.3, 0.4) is 0 Å². The molecule has 0 amide bonds. The number of aromatic nitrogens is 2. The summed E-state index contributed by atoms with van der Waals surface area (Å²) in [5.41, 5.74) is 1.85. The number of hydrogen-bond acceptors (Lipinski definition) is 2. The van der Waals surface area contributed by atoms with Crippen LogP contribution in [0.4, 0.5) is 0 Å². The lowest BCUT2D eigenvalue weighted by Gasteiger charge is -2.07. The van der Waals surface area contributed by atoms with Gasteiger partial charge in [0.25, 0.3) is 0 Å². The molecule has 0 aliphatic carbocycles. The third-order valence-electron chi connectivity index (χ3n) is 2.20. The molecule has 0 fully saturated rings. The predicted octanol–water partition coefficient (Wildman–Crippen LogP) is 5.02. The Balaban J connectivity index is 2.61. The highest BCUT2D eigenvalue weighted by Crippen LogP contribution is 2.29. The maximum absolute atomic E-state index is 5.98. The summed E-state index contributed by atoms with van der Waals surface area (Å²) in [5, 5.41) is 1.39. The summed E-state index contributed by atoms with van der Waals surface area (Å²) in [4.78, 5) is 8.43. The second-order valence-electron chi connectivity index (χ2n) is 3.40. The maximum atomic E-state index is 5.98. The lowest BCUT2D eigenvalue weighted by atomic mass is 10.1. The first-order chi connectivity index (χ1) is 7.99. The van der Waals surface area contributed by atoms with E-state index in [1.54, 1.807) is 6.07 Å². The van der Waals surface area contributed by atoms with Gasteiger partial charge in [0.2, 0.25) is 0 Å². The Labute approximate surface area is 127 Å². The number of hydrogen-bond donors (Lipinski definition) is 0. The van der Waals surface area contributed by atoms with Crippen molar-refractivity contribution in [3.8, 4) is 11.4 Å². The van der Waals surface area contributed by atoms with Crippen LogP contribution in [0.15, 0.2) is 18.2 Å². The minimum absolute atomic E-state index is 0.356. The number of aryl methyl sites for hydroxylation is 1. The maximum Gasteiger partial charge on any atom is 0.162 e. The number of benzene rings is 1. The van der Waals surface area contributed by atoms with E-state index in [1.807, 2.05) is 41.6 Å². The average molecular weight is 399 g/mol. The Morgan fingerprint density at radius 1 is 1.06 bits per heavy atom. The third kappa shape index (κ3) is 2.84. The highest BCUT2D eigenvalue weighted by atomic mass is 127. The Kier molecular flexibility index (Phi) is 4.13. The first kappa shape index (κ1) is 13.3. The van der Waals surface area contributed by atoms with E-state index in [0.717, 1.165) is 11.1 Å². The largest absolute Gasteiger partial charge is 0.215 e. The molecule has 2 nitrogen and oxygen atoms in total. The van der Waals surface area contributed by atoms with Crippen molar-refractivity contribution in [1.29, 1.82) is 0 Å². The van der Waals surface area contributed by atoms with Crippen molar-refractivity contribution >= 4 is 57.4 Å². The van der Waals surface area contributed by atoms with Gasteiger partial charge in [0.05, 0.1) is 3.57 Å². The van der Waals surface area contributed by atoms with Gasteiger partial charge < -0.3 is 0 Å². The summed E-state index contributed by atoms with van der Waals surface area (Å²) >= 11 is 19.9. The van der Waals surface area contributed by atoms with E-state index in [4.69, 9.17) is 34.8 Å². The van der Waals surface area contributed by atoms with E-state index in [0.29, 0.717) is 24.7 Å². The summed E-state index contributed by atoms with van der Waals surface area (Å²) in [5.74, 6) is 0.509. The summed E-state index contributed by atoms with van der Waals surface area (Å²) < 4.78 is 0.654. The number of nitrogens with zero attached hydrogens (tertiary/aromatic N) is 2. The molecule has 0 N–H and O–H groups in total. The molecule has 0 aliphatic heterocycles.